The van der Waals surface area contributed by atoms with E-state index in [1.54, 1.807) is 30.4 Å². The maximum atomic E-state index is 12.6. The van der Waals surface area contributed by atoms with Gasteiger partial charge in [0.15, 0.2) is 0 Å². The second kappa shape index (κ2) is 9.63. The quantitative estimate of drug-likeness (QED) is 0.515. The van der Waals surface area contributed by atoms with Crippen LogP contribution in [0.2, 0.25) is 0 Å². The molecule has 0 radical (unpaired) electrons. The van der Waals surface area contributed by atoms with Crippen LogP contribution in [0.3, 0.4) is 0 Å². The predicted molar refractivity (Wildman–Crippen MR) is 120 cm³/mol. The molecule has 0 bridgehead atoms. The lowest BCUT2D eigenvalue weighted by atomic mass is 10.1. The summed E-state index contributed by atoms with van der Waals surface area (Å²) < 4.78 is 7.04. The average molecular weight is 426 g/mol. The molecule has 2 heterocycles. The molecule has 1 atom stereocenters. The lowest BCUT2D eigenvalue weighted by molar-refractivity contribution is -0.142. The first-order valence-corrected chi connectivity index (χ1v) is 10.8. The normalized spacial score (nSPS) is 11.7. The van der Waals surface area contributed by atoms with Gasteiger partial charge in [-0.1, -0.05) is 12.1 Å². The van der Waals surface area contributed by atoms with Gasteiger partial charge < -0.3 is 19.9 Å². The smallest absolute Gasteiger partial charge is 0.319 e. The van der Waals surface area contributed by atoms with Crippen LogP contribution in [0, 0.1) is 13.8 Å². The number of nitrogens with one attached hydrogen (secondary N) is 2. The van der Waals surface area contributed by atoms with Gasteiger partial charge >= 0.3 is 12.0 Å². The van der Waals surface area contributed by atoms with Crippen LogP contribution < -0.4 is 10.6 Å². The Balaban J connectivity index is 1.65. The molecule has 0 aliphatic carbocycles. The number of ether oxygens (including phenoxy) is 1. The summed E-state index contributed by atoms with van der Waals surface area (Å²) in [7, 11) is 0. The first kappa shape index (κ1) is 21.6. The number of nitrogens with zero attached hydrogens (tertiary/aromatic N) is 1. The number of urea groups is 1. The average Bonchev–Trinajstić information content (AvgIpc) is 3.32. The molecular formula is C23H27N3O3S. The van der Waals surface area contributed by atoms with Gasteiger partial charge in [0.2, 0.25) is 0 Å². The van der Waals surface area contributed by atoms with E-state index in [1.807, 2.05) is 43.6 Å². The molecule has 7 heteroatoms. The van der Waals surface area contributed by atoms with Crippen molar-refractivity contribution in [2.45, 2.75) is 40.2 Å². The van der Waals surface area contributed by atoms with Crippen molar-refractivity contribution in [3.63, 3.8) is 0 Å². The number of anilines is 1. The number of amides is 2. The lowest BCUT2D eigenvalue weighted by Crippen LogP contribution is -2.31. The number of aromatic nitrogens is 1. The van der Waals surface area contributed by atoms with Crippen LogP contribution in [-0.4, -0.2) is 23.2 Å². The number of benzene rings is 1. The molecule has 0 aliphatic rings. The minimum Gasteiger partial charge on any atom is -0.466 e. The molecule has 0 aliphatic heterocycles. The van der Waals surface area contributed by atoms with Crippen molar-refractivity contribution in [2.75, 3.05) is 11.9 Å². The van der Waals surface area contributed by atoms with Crippen molar-refractivity contribution in [3.05, 3.63) is 70.4 Å². The summed E-state index contributed by atoms with van der Waals surface area (Å²) in [5, 5.41) is 7.01. The van der Waals surface area contributed by atoms with E-state index in [-0.39, 0.29) is 24.5 Å². The van der Waals surface area contributed by atoms with Gasteiger partial charge in [0.05, 0.1) is 19.1 Å². The lowest BCUT2D eigenvalue weighted by Gasteiger charge is -2.17. The van der Waals surface area contributed by atoms with Crippen LogP contribution >= 0.6 is 11.3 Å². The third-order valence-corrected chi connectivity index (χ3v) is 6.13. The molecule has 0 fully saturated rings. The maximum absolute atomic E-state index is 12.6. The van der Waals surface area contributed by atoms with E-state index in [1.165, 1.54) is 10.4 Å². The number of hydrogen-bond donors (Lipinski definition) is 2. The maximum Gasteiger partial charge on any atom is 0.319 e. The van der Waals surface area contributed by atoms with Crippen molar-refractivity contribution in [2.24, 2.45) is 0 Å². The summed E-state index contributed by atoms with van der Waals surface area (Å²) in [4.78, 5) is 25.4. The highest BCUT2D eigenvalue weighted by Crippen LogP contribution is 2.35. The van der Waals surface area contributed by atoms with Gasteiger partial charge in [-0.2, -0.15) is 0 Å². The summed E-state index contributed by atoms with van der Waals surface area (Å²) in [6, 6.07) is 10.7. The summed E-state index contributed by atoms with van der Waals surface area (Å²) in [6.07, 6.45) is 4.24. The monoisotopic (exact) mass is 425 g/mol. The Hall–Kier alpha value is -3.06. The van der Waals surface area contributed by atoms with Gasteiger partial charge in [0.1, 0.15) is 5.00 Å². The van der Waals surface area contributed by atoms with Crippen molar-refractivity contribution in [1.82, 2.24) is 9.88 Å². The molecule has 0 spiro atoms. The third-order valence-electron chi connectivity index (χ3n) is 4.90. The topological polar surface area (TPSA) is 72.4 Å². The van der Waals surface area contributed by atoms with E-state index in [2.05, 4.69) is 29.0 Å². The minimum absolute atomic E-state index is 0.157. The fourth-order valence-electron chi connectivity index (χ4n) is 3.32. The van der Waals surface area contributed by atoms with Crippen LogP contribution in [0.5, 0.6) is 0 Å². The van der Waals surface area contributed by atoms with E-state index >= 15 is 0 Å². The molecule has 2 N–H and O–H groups in total. The number of esters is 1. The highest BCUT2D eigenvalue weighted by atomic mass is 32.1. The largest absolute Gasteiger partial charge is 0.466 e. The molecule has 158 valence electrons. The van der Waals surface area contributed by atoms with Crippen LogP contribution in [0.1, 0.15) is 41.5 Å². The number of thiophene rings is 1. The summed E-state index contributed by atoms with van der Waals surface area (Å²) in [6.45, 7) is 8.33. The predicted octanol–water partition coefficient (Wildman–Crippen LogP) is 5.14. The fraction of sp³-hybridized carbons (Fsp3) is 0.304. The fourth-order valence-corrected chi connectivity index (χ4v) is 4.54. The Bertz CT molecular complexity index is 1010. The zero-order valence-electron chi connectivity index (χ0n) is 17.7. The summed E-state index contributed by atoms with van der Waals surface area (Å²) >= 11 is 1.72. The van der Waals surface area contributed by atoms with Crippen LogP contribution in [0.4, 0.5) is 10.5 Å². The molecule has 2 aromatic heterocycles. The van der Waals surface area contributed by atoms with E-state index in [0.717, 1.165) is 16.1 Å². The standard InChI is InChI=1S/C23H27N3O3S/c1-5-29-20(27)14-18-8-10-19(11-9-18)25-23(28)24-16(3)21-15(2)17(4)30-22(21)26-12-6-7-13-26/h6-13,16H,5,14H2,1-4H3,(H2,24,25,28)/t16-/m1/s1. The molecule has 6 nitrogen and oxygen atoms in total. The molecule has 2 amide bonds. The van der Waals surface area contributed by atoms with Gasteiger partial charge in [0.25, 0.3) is 0 Å². The van der Waals surface area contributed by atoms with E-state index in [0.29, 0.717) is 12.3 Å². The number of carbonyl (C=O) groups is 2. The summed E-state index contributed by atoms with van der Waals surface area (Å²) in [5.74, 6) is -0.260. The van der Waals surface area contributed by atoms with Gasteiger partial charge in [-0.3, -0.25) is 4.79 Å². The highest BCUT2D eigenvalue weighted by Gasteiger charge is 2.21. The van der Waals surface area contributed by atoms with E-state index in [4.69, 9.17) is 4.74 Å². The molecular weight excluding hydrogens is 398 g/mol. The van der Waals surface area contributed by atoms with Crippen LogP contribution in [-0.2, 0) is 16.0 Å². The van der Waals surface area contributed by atoms with Crippen molar-refractivity contribution in [3.8, 4) is 5.00 Å². The highest BCUT2D eigenvalue weighted by molar-refractivity contribution is 7.14. The Labute approximate surface area is 180 Å². The zero-order valence-corrected chi connectivity index (χ0v) is 18.5. The van der Waals surface area contributed by atoms with E-state index < -0.39 is 0 Å². The van der Waals surface area contributed by atoms with Gasteiger partial charge in [-0.25, -0.2) is 4.79 Å². The van der Waals surface area contributed by atoms with E-state index in [9.17, 15) is 9.59 Å². The Morgan fingerprint density at radius 3 is 2.43 bits per heavy atom. The van der Waals surface area contributed by atoms with Crippen molar-refractivity contribution < 1.29 is 14.3 Å². The molecule has 1 aromatic carbocycles. The number of aryl methyl sites for hydroxylation is 1. The van der Waals surface area contributed by atoms with Crippen LogP contribution in [0.25, 0.3) is 5.00 Å². The second-order valence-electron chi connectivity index (χ2n) is 7.09. The molecule has 3 aromatic rings. The Kier molecular flexibility index (Phi) is 6.95. The zero-order chi connectivity index (χ0) is 21.7. The summed E-state index contributed by atoms with van der Waals surface area (Å²) in [5.41, 5.74) is 3.82. The second-order valence-corrected chi connectivity index (χ2v) is 8.29. The van der Waals surface area contributed by atoms with Crippen LogP contribution in [0.15, 0.2) is 48.8 Å². The molecule has 0 saturated carbocycles. The third kappa shape index (κ3) is 5.10. The molecule has 0 unspecified atom stereocenters. The number of hydrogen-bond acceptors (Lipinski definition) is 4. The molecule has 0 saturated heterocycles. The Morgan fingerprint density at radius 2 is 1.80 bits per heavy atom. The van der Waals surface area contributed by atoms with Gasteiger partial charge in [-0.05, 0) is 63.1 Å². The van der Waals surface area contributed by atoms with Gasteiger partial charge in [0, 0.05) is 28.5 Å². The Morgan fingerprint density at radius 1 is 1.13 bits per heavy atom. The SMILES string of the molecule is CCOC(=O)Cc1ccc(NC(=O)N[C@H](C)c2c(-n3cccc3)sc(C)c2C)cc1. The molecule has 3 rings (SSSR count). The van der Waals surface area contributed by atoms with Crippen molar-refractivity contribution >= 4 is 29.0 Å². The minimum atomic E-state index is -0.276. The first-order valence-electron chi connectivity index (χ1n) is 9.94. The van der Waals surface area contributed by atoms with Crippen molar-refractivity contribution in [1.29, 1.82) is 0 Å². The number of carbonyl (C=O) groups excluding carboxylic acids is 2. The van der Waals surface area contributed by atoms with Gasteiger partial charge in [-0.15, -0.1) is 11.3 Å². The first-order chi connectivity index (χ1) is 14.4. The number of rotatable bonds is 7. The molecule has 30 heavy (non-hydrogen) atoms.